The van der Waals surface area contributed by atoms with Crippen molar-refractivity contribution < 1.29 is 4.74 Å². The third-order valence-corrected chi connectivity index (χ3v) is 3.44. The van der Waals surface area contributed by atoms with E-state index < -0.39 is 0 Å². The molecule has 0 aromatic heterocycles. The molecule has 1 fully saturated rings. The molecule has 1 aliphatic carbocycles. The molecule has 94 valence electrons. The summed E-state index contributed by atoms with van der Waals surface area (Å²) >= 11 is 0. The Morgan fingerprint density at radius 3 is 2.24 bits per heavy atom. The average molecular weight is 233 g/mol. The maximum atomic E-state index is 5.78. The van der Waals surface area contributed by atoms with E-state index in [1.807, 2.05) is 0 Å². The molecule has 1 aromatic carbocycles. The van der Waals surface area contributed by atoms with Crippen LogP contribution in [0, 0.1) is 0 Å². The van der Waals surface area contributed by atoms with Crippen molar-refractivity contribution in [1.82, 2.24) is 0 Å². The highest BCUT2D eigenvalue weighted by molar-refractivity contribution is 5.27. The topological polar surface area (TPSA) is 35.2 Å². The molecule has 0 atom stereocenters. The molecule has 1 aromatic rings. The van der Waals surface area contributed by atoms with Gasteiger partial charge in [-0.15, -0.1) is 0 Å². The molecule has 0 bridgehead atoms. The molecule has 0 heterocycles. The van der Waals surface area contributed by atoms with E-state index in [0.717, 1.165) is 12.8 Å². The second-order valence-electron chi connectivity index (χ2n) is 6.11. The Kier molecular flexibility index (Phi) is 3.55. The lowest BCUT2D eigenvalue weighted by Gasteiger charge is -2.32. The largest absolute Gasteiger partial charge is 0.373 e. The summed E-state index contributed by atoms with van der Waals surface area (Å²) in [6.07, 6.45) is 2.41. The van der Waals surface area contributed by atoms with Gasteiger partial charge in [0.2, 0.25) is 0 Å². The fourth-order valence-electron chi connectivity index (χ4n) is 2.06. The van der Waals surface area contributed by atoms with E-state index in [9.17, 15) is 0 Å². The minimum absolute atomic E-state index is 0.222. The number of nitrogens with two attached hydrogens (primary N) is 1. The summed E-state index contributed by atoms with van der Waals surface area (Å²) < 4.78 is 5.78. The third-order valence-electron chi connectivity index (χ3n) is 3.44. The van der Waals surface area contributed by atoms with Gasteiger partial charge in [-0.25, -0.2) is 0 Å². The van der Waals surface area contributed by atoms with Crippen LogP contribution in [0.1, 0.15) is 44.7 Å². The number of rotatable bonds is 3. The first kappa shape index (κ1) is 12.6. The first-order valence-electron chi connectivity index (χ1n) is 6.42. The monoisotopic (exact) mass is 233 g/mol. The predicted molar refractivity (Wildman–Crippen MR) is 70.9 cm³/mol. The Morgan fingerprint density at radius 1 is 1.18 bits per heavy atom. The Labute approximate surface area is 104 Å². The summed E-state index contributed by atoms with van der Waals surface area (Å²) in [7, 11) is 0. The molecule has 0 aliphatic heterocycles. The lowest BCUT2D eigenvalue weighted by molar-refractivity contribution is -0.0188. The van der Waals surface area contributed by atoms with Crippen molar-refractivity contribution in [2.24, 2.45) is 5.73 Å². The maximum Gasteiger partial charge on any atom is 0.0720 e. The van der Waals surface area contributed by atoms with Crippen LogP contribution in [0.15, 0.2) is 24.3 Å². The van der Waals surface area contributed by atoms with Crippen molar-refractivity contribution in [2.75, 3.05) is 0 Å². The summed E-state index contributed by atoms with van der Waals surface area (Å²) in [4.78, 5) is 0. The van der Waals surface area contributed by atoms with Gasteiger partial charge in [0.05, 0.1) is 12.7 Å². The number of hydrogen-bond donors (Lipinski definition) is 1. The lowest BCUT2D eigenvalue weighted by atomic mass is 9.87. The molecule has 17 heavy (non-hydrogen) atoms. The summed E-state index contributed by atoms with van der Waals surface area (Å²) in [6.45, 7) is 7.40. The van der Waals surface area contributed by atoms with Crippen LogP contribution in [0.3, 0.4) is 0 Å². The minimum Gasteiger partial charge on any atom is -0.373 e. The summed E-state index contributed by atoms with van der Waals surface area (Å²) in [5, 5.41) is 0. The molecular weight excluding hydrogens is 210 g/mol. The highest BCUT2D eigenvalue weighted by Crippen LogP contribution is 2.24. The van der Waals surface area contributed by atoms with Crippen LogP contribution in [0.2, 0.25) is 0 Å². The van der Waals surface area contributed by atoms with E-state index in [4.69, 9.17) is 10.5 Å². The molecule has 2 nitrogen and oxygen atoms in total. The van der Waals surface area contributed by atoms with Crippen molar-refractivity contribution in [1.29, 1.82) is 0 Å². The van der Waals surface area contributed by atoms with Gasteiger partial charge in [-0.3, -0.25) is 0 Å². The first-order valence-corrected chi connectivity index (χ1v) is 6.42. The van der Waals surface area contributed by atoms with Crippen LogP contribution >= 0.6 is 0 Å². The second-order valence-corrected chi connectivity index (χ2v) is 6.11. The average Bonchev–Trinajstić information content (AvgIpc) is 2.22. The number of benzene rings is 1. The SMILES string of the molecule is CC(C)(C)c1ccc(COC2CC(N)C2)cc1. The van der Waals surface area contributed by atoms with Gasteiger partial charge in [-0.05, 0) is 29.4 Å². The fourth-order valence-corrected chi connectivity index (χ4v) is 2.06. The van der Waals surface area contributed by atoms with Crippen LogP contribution in [0.25, 0.3) is 0 Å². The van der Waals surface area contributed by atoms with Crippen LogP contribution < -0.4 is 5.73 Å². The van der Waals surface area contributed by atoms with Gasteiger partial charge in [0.25, 0.3) is 0 Å². The quantitative estimate of drug-likeness (QED) is 0.871. The summed E-state index contributed by atoms with van der Waals surface area (Å²) in [5.74, 6) is 0. The predicted octanol–water partition coefficient (Wildman–Crippen LogP) is 2.99. The van der Waals surface area contributed by atoms with Gasteiger partial charge in [0, 0.05) is 6.04 Å². The van der Waals surface area contributed by atoms with Crippen molar-refractivity contribution in [3.8, 4) is 0 Å². The molecule has 1 saturated carbocycles. The highest BCUT2D eigenvalue weighted by Gasteiger charge is 2.26. The molecule has 0 spiro atoms. The van der Waals surface area contributed by atoms with Crippen LogP contribution in [0.4, 0.5) is 0 Å². The molecular formula is C15H23NO. The Hall–Kier alpha value is -0.860. The number of ether oxygens (including phenoxy) is 1. The Bertz CT molecular complexity index is 358. The fraction of sp³-hybridized carbons (Fsp3) is 0.600. The van der Waals surface area contributed by atoms with Gasteiger partial charge in [0.1, 0.15) is 0 Å². The van der Waals surface area contributed by atoms with E-state index in [2.05, 4.69) is 45.0 Å². The molecule has 2 rings (SSSR count). The van der Waals surface area contributed by atoms with Crippen LogP contribution in [0.5, 0.6) is 0 Å². The maximum absolute atomic E-state index is 5.78. The van der Waals surface area contributed by atoms with Crippen molar-refractivity contribution in [3.05, 3.63) is 35.4 Å². The third kappa shape index (κ3) is 3.30. The molecule has 1 aliphatic rings. The standard InChI is InChI=1S/C15H23NO/c1-15(2,3)12-6-4-11(5-7-12)10-17-14-8-13(16)9-14/h4-7,13-14H,8-10,16H2,1-3H3. The summed E-state index contributed by atoms with van der Waals surface area (Å²) in [6, 6.07) is 9.10. The second kappa shape index (κ2) is 4.79. The van der Waals surface area contributed by atoms with Crippen molar-refractivity contribution >= 4 is 0 Å². The number of hydrogen-bond acceptors (Lipinski definition) is 2. The van der Waals surface area contributed by atoms with Gasteiger partial charge in [-0.1, -0.05) is 45.0 Å². The lowest BCUT2D eigenvalue weighted by Crippen LogP contribution is -2.41. The zero-order valence-electron chi connectivity index (χ0n) is 11.1. The van der Waals surface area contributed by atoms with Crippen LogP contribution in [-0.4, -0.2) is 12.1 Å². The van der Waals surface area contributed by atoms with E-state index >= 15 is 0 Å². The van der Waals surface area contributed by atoms with Crippen molar-refractivity contribution in [2.45, 2.75) is 57.8 Å². The molecule has 0 amide bonds. The zero-order chi connectivity index (χ0) is 12.5. The Morgan fingerprint density at radius 2 is 1.76 bits per heavy atom. The zero-order valence-corrected chi connectivity index (χ0v) is 11.1. The van der Waals surface area contributed by atoms with Crippen molar-refractivity contribution in [3.63, 3.8) is 0 Å². The molecule has 2 heteroatoms. The van der Waals surface area contributed by atoms with E-state index in [0.29, 0.717) is 18.8 Å². The smallest absolute Gasteiger partial charge is 0.0720 e. The molecule has 0 saturated heterocycles. The first-order chi connectivity index (χ1) is 7.95. The normalized spacial score (nSPS) is 24.5. The van der Waals surface area contributed by atoms with Gasteiger partial charge in [-0.2, -0.15) is 0 Å². The molecule has 2 N–H and O–H groups in total. The minimum atomic E-state index is 0.222. The van der Waals surface area contributed by atoms with Gasteiger partial charge >= 0.3 is 0 Å². The Balaban J connectivity index is 1.86. The summed E-state index contributed by atoms with van der Waals surface area (Å²) in [5.41, 5.74) is 8.56. The van der Waals surface area contributed by atoms with E-state index in [1.165, 1.54) is 11.1 Å². The van der Waals surface area contributed by atoms with E-state index in [-0.39, 0.29) is 5.41 Å². The highest BCUT2D eigenvalue weighted by atomic mass is 16.5. The van der Waals surface area contributed by atoms with Gasteiger partial charge < -0.3 is 10.5 Å². The molecule has 0 unspecified atom stereocenters. The van der Waals surface area contributed by atoms with E-state index in [1.54, 1.807) is 0 Å². The van der Waals surface area contributed by atoms with Gasteiger partial charge in [0.15, 0.2) is 0 Å². The van der Waals surface area contributed by atoms with Crippen LogP contribution in [-0.2, 0) is 16.8 Å². The molecule has 0 radical (unpaired) electrons.